The number of ether oxygens (including phenoxy) is 1. The zero-order valence-corrected chi connectivity index (χ0v) is 10.3. The fourth-order valence-corrected chi connectivity index (χ4v) is 1.72. The van der Waals surface area contributed by atoms with Gasteiger partial charge in [-0.05, 0) is 24.6 Å². The summed E-state index contributed by atoms with van der Waals surface area (Å²) in [6.45, 7) is 2.28. The zero-order chi connectivity index (χ0) is 12.1. The first kappa shape index (κ1) is 13.0. The molecule has 0 heterocycles. The second kappa shape index (κ2) is 5.87. The lowest BCUT2D eigenvalue weighted by Crippen LogP contribution is -2.23. The molecule has 0 spiro atoms. The van der Waals surface area contributed by atoms with Crippen LogP contribution in [0, 0.1) is 5.92 Å². The molecule has 4 heteroatoms. The van der Waals surface area contributed by atoms with Gasteiger partial charge < -0.3 is 10.5 Å². The molecule has 0 aromatic heterocycles. The summed E-state index contributed by atoms with van der Waals surface area (Å²) in [6, 6.07) is 5.01. The summed E-state index contributed by atoms with van der Waals surface area (Å²) in [5, 5.41) is 0.524. The molecule has 88 valence electrons. The minimum atomic E-state index is -0.174. The van der Waals surface area contributed by atoms with Crippen LogP contribution in [-0.4, -0.2) is 19.4 Å². The lowest BCUT2D eigenvalue weighted by atomic mass is 9.95. The van der Waals surface area contributed by atoms with E-state index in [1.54, 1.807) is 18.2 Å². The Balaban J connectivity index is 3.10. The molecule has 3 nitrogen and oxygen atoms in total. The van der Waals surface area contributed by atoms with E-state index in [1.807, 2.05) is 6.92 Å². The van der Waals surface area contributed by atoms with E-state index >= 15 is 0 Å². The molecule has 1 atom stereocenters. The van der Waals surface area contributed by atoms with Gasteiger partial charge in [-0.3, -0.25) is 4.79 Å². The molecule has 0 aliphatic heterocycles. The second-order valence-electron chi connectivity index (χ2n) is 3.55. The number of nitrogens with two attached hydrogens (primary N) is 1. The van der Waals surface area contributed by atoms with Crippen molar-refractivity contribution in [1.29, 1.82) is 0 Å². The first-order valence-electron chi connectivity index (χ1n) is 5.21. The van der Waals surface area contributed by atoms with Crippen LogP contribution in [0.5, 0.6) is 5.75 Å². The molecule has 16 heavy (non-hydrogen) atoms. The molecule has 0 aliphatic rings. The van der Waals surface area contributed by atoms with Gasteiger partial charge in [0.05, 0.1) is 12.7 Å². The summed E-state index contributed by atoms with van der Waals surface area (Å²) in [4.78, 5) is 12.1. The van der Waals surface area contributed by atoms with Crippen molar-refractivity contribution in [2.24, 2.45) is 11.7 Å². The summed E-state index contributed by atoms with van der Waals surface area (Å²) in [6.07, 6.45) is 0.713. The number of halogens is 1. The molecule has 0 aliphatic carbocycles. The Bertz CT molecular complexity index is 375. The van der Waals surface area contributed by atoms with Gasteiger partial charge in [0.2, 0.25) is 0 Å². The number of methoxy groups -OCH3 is 1. The molecule has 0 saturated carbocycles. The van der Waals surface area contributed by atoms with Crippen molar-refractivity contribution >= 4 is 17.4 Å². The van der Waals surface area contributed by atoms with Gasteiger partial charge in [0.25, 0.3) is 0 Å². The van der Waals surface area contributed by atoms with Crippen LogP contribution >= 0.6 is 11.6 Å². The molecule has 0 radical (unpaired) electrons. The van der Waals surface area contributed by atoms with E-state index in [0.717, 1.165) is 0 Å². The predicted molar refractivity (Wildman–Crippen MR) is 65.2 cm³/mol. The van der Waals surface area contributed by atoms with Crippen molar-refractivity contribution in [2.45, 2.75) is 13.3 Å². The van der Waals surface area contributed by atoms with Crippen LogP contribution in [-0.2, 0) is 0 Å². The Kier molecular flexibility index (Phi) is 4.77. The van der Waals surface area contributed by atoms with Gasteiger partial charge in [-0.25, -0.2) is 0 Å². The number of hydrogen-bond donors (Lipinski definition) is 1. The van der Waals surface area contributed by atoms with E-state index in [1.165, 1.54) is 7.11 Å². The molecular weight excluding hydrogens is 226 g/mol. The maximum atomic E-state index is 12.1. The average molecular weight is 242 g/mol. The van der Waals surface area contributed by atoms with Crippen molar-refractivity contribution in [3.8, 4) is 5.75 Å². The number of Topliss-reactive ketones (excluding diaryl/α,β-unsaturated/α-hetero) is 1. The van der Waals surface area contributed by atoms with Crippen LogP contribution in [0.25, 0.3) is 0 Å². The molecular formula is C12H16ClNO2. The van der Waals surface area contributed by atoms with Gasteiger partial charge in [0.1, 0.15) is 5.75 Å². The molecule has 1 unspecified atom stereocenters. The molecule has 0 amide bonds. The zero-order valence-electron chi connectivity index (χ0n) is 9.50. The summed E-state index contributed by atoms with van der Waals surface area (Å²) >= 11 is 5.87. The Morgan fingerprint density at radius 2 is 2.25 bits per heavy atom. The van der Waals surface area contributed by atoms with Crippen molar-refractivity contribution in [3.05, 3.63) is 28.8 Å². The first-order chi connectivity index (χ1) is 7.63. The van der Waals surface area contributed by atoms with E-state index < -0.39 is 0 Å². The van der Waals surface area contributed by atoms with Crippen LogP contribution in [0.3, 0.4) is 0 Å². The average Bonchev–Trinajstić information content (AvgIpc) is 2.30. The lowest BCUT2D eigenvalue weighted by molar-refractivity contribution is 0.0918. The standard InChI is InChI=1S/C12H16ClNO2/c1-3-8(7-14)12(15)10-6-9(13)4-5-11(10)16-2/h4-6,8H,3,7,14H2,1-2H3. The Morgan fingerprint density at radius 3 is 2.75 bits per heavy atom. The van der Waals surface area contributed by atoms with E-state index in [2.05, 4.69) is 0 Å². The molecule has 1 aromatic carbocycles. The SMILES string of the molecule is CCC(CN)C(=O)c1cc(Cl)ccc1OC. The molecule has 0 saturated heterocycles. The van der Waals surface area contributed by atoms with Gasteiger partial charge in [0, 0.05) is 17.5 Å². The van der Waals surface area contributed by atoms with Crippen molar-refractivity contribution < 1.29 is 9.53 Å². The smallest absolute Gasteiger partial charge is 0.170 e. The topological polar surface area (TPSA) is 52.3 Å². The maximum Gasteiger partial charge on any atom is 0.170 e. The van der Waals surface area contributed by atoms with Crippen molar-refractivity contribution in [1.82, 2.24) is 0 Å². The van der Waals surface area contributed by atoms with Crippen LogP contribution < -0.4 is 10.5 Å². The number of ketones is 1. The molecule has 2 N–H and O–H groups in total. The van der Waals surface area contributed by atoms with Crippen molar-refractivity contribution in [3.63, 3.8) is 0 Å². The third kappa shape index (κ3) is 2.74. The van der Waals surface area contributed by atoms with Gasteiger partial charge in [0.15, 0.2) is 5.78 Å². The van der Waals surface area contributed by atoms with E-state index in [9.17, 15) is 4.79 Å². The molecule has 0 bridgehead atoms. The summed E-state index contributed by atoms with van der Waals surface area (Å²) in [5.41, 5.74) is 6.06. The lowest BCUT2D eigenvalue weighted by Gasteiger charge is -2.13. The largest absolute Gasteiger partial charge is 0.496 e. The minimum Gasteiger partial charge on any atom is -0.496 e. The van der Waals surface area contributed by atoms with Crippen LogP contribution in [0.2, 0.25) is 5.02 Å². The van der Waals surface area contributed by atoms with E-state index in [-0.39, 0.29) is 11.7 Å². The normalized spacial score (nSPS) is 12.2. The number of rotatable bonds is 5. The summed E-state index contributed by atoms with van der Waals surface area (Å²) in [5.74, 6) is 0.359. The highest BCUT2D eigenvalue weighted by Crippen LogP contribution is 2.25. The predicted octanol–water partition coefficient (Wildman–Crippen LogP) is 2.52. The molecule has 0 fully saturated rings. The van der Waals surface area contributed by atoms with Crippen molar-refractivity contribution in [2.75, 3.05) is 13.7 Å². The highest BCUT2D eigenvalue weighted by Gasteiger charge is 2.20. The molecule has 1 rings (SSSR count). The third-order valence-electron chi connectivity index (χ3n) is 2.58. The first-order valence-corrected chi connectivity index (χ1v) is 5.59. The fourth-order valence-electron chi connectivity index (χ4n) is 1.55. The number of hydrogen-bond acceptors (Lipinski definition) is 3. The number of carbonyl (C=O) groups excluding carboxylic acids is 1. The minimum absolute atomic E-state index is 0.00986. The highest BCUT2D eigenvalue weighted by atomic mass is 35.5. The van der Waals surface area contributed by atoms with Crippen LogP contribution in [0.15, 0.2) is 18.2 Å². The van der Waals surface area contributed by atoms with Gasteiger partial charge in [-0.15, -0.1) is 0 Å². The van der Waals surface area contributed by atoms with Gasteiger partial charge in [-0.2, -0.15) is 0 Å². The third-order valence-corrected chi connectivity index (χ3v) is 2.81. The maximum absolute atomic E-state index is 12.1. The number of carbonyl (C=O) groups is 1. The van der Waals surface area contributed by atoms with Gasteiger partial charge in [-0.1, -0.05) is 18.5 Å². The molecule has 1 aromatic rings. The van der Waals surface area contributed by atoms with Crippen LogP contribution in [0.4, 0.5) is 0 Å². The number of benzene rings is 1. The fraction of sp³-hybridized carbons (Fsp3) is 0.417. The highest BCUT2D eigenvalue weighted by molar-refractivity contribution is 6.31. The Morgan fingerprint density at radius 1 is 1.56 bits per heavy atom. The monoisotopic (exact) mass is 241 g/mol. The van der Waals surface area contributed by atoms with Gasteiger partial charge >= 0.3 is 0 Å². The van der Waals surface area contributed by atoms with E-state index in [4.69, 9.17) is 22.1 Å². The summed E-state index contributed by atoms with van der Waals surface area (Å²) < 4.78 is 5.14. The summed E-state index contributed by atoms with van der Waals surface area (Å²) in [7, 11) is 1.53. The van der Waals surface area contributed by atoms with Crippen LogP contribution in [0.1, 0.15) is 23.7 Å². The quantitative estimate of drug-likeness (QED) is 0.806. The second-order valence-corrected chi connectivity index (χ2v) is 3.99. The Hall–Kier alpha value is -1.06. The van der Waals surface area contributed by atoms with E-state index in [0.29, 0.717) is 29.3 Å². The Labute approximate surface area is 101 Å².